The Morgan fingerprint density at radius 2 is 1.89 bits per heavy atom. The molecule has 1 N–H and O–H groups in total. The molecule has 0 spiro atoms. The van der Waals surface area contributed by atoms with Crippen LogP contribution in [0.3, 0.4) is 0 Å². The Balaban J connectivity index is 2.23. The molecule has 0 aromatic rings. The molecule has 1 saturated carbocycles. The van der Waals surface area contributed by atoms with E-state index in [1.165, 1.54) is 25.7 Å². The highest BCUT2D eigenvalue weighted by Crippen LogP contribution is 2.42. The monoisotopic (exact) mass is 265 g/mol. The van der Waals surface area contributed by atoms with E-state index >= 15 is 0 Å². The maximum absolute atomic E-state index is 12.4. The Labute approximate surface area is 118 Å². The highest BCUT2D eigenvalue weighted by atomic mass is 16.2. The fourth-order valence-electron chi connectivity index (χ4n) is 4.46. The Kier molecular flexibility index (Phi) is 4.27. The zero-order valence-electron chi connectivity index (χ0n) is 13.3. The van der Waals surface area contributed by atoms with Crippen LogP contribution in [0.5, 0.6) is 0 Å². The van der Waals surface area contributed by atoms with Gasteiger partial charge in [-0.25, -0.2) is 0 Å². The normalized spacial score (nSPS) is 42.8. The zero-order valence-corrected chi connectivity index (χ0v) is 13.3. The zero-order chi connectivity index (χ0) is 14.2. The van der Waals surface area contributed by atoms with Gasteiger partial charge in [0.25, 0.3) is 0 Å². The number of nitrogens with one attached hydrogen (secondary N) is 1. The van der Waals surface area contributed by atoms with Gasteiger partial charge >= 0.3 is 0 Å². The van der Waals surface area contributed by atoms with Gasteiger partial charge in [-0.2, -0.15) is 0 Å². The molecule has 5 atom stereocenters. The number of carbonyl (C=O) groups excluding carboxylic acids is 1. The van der Waals surface area contributed by atoms with Crippen LogP contribution in [0.4, 0.5) is 0 Å². The summed E-state index contributed by atoms with van der Waals surface area (Å²) >= 11 is 0. The minimum Gasteiger partial charge on any atom is -0.353 e. The first-order chi connectivity index (χ1) is 8.83. The molecule has 19 heavy (non-hydrogen) atoms. The summed E-state index contributed by atoms with van der Waals surface area (Å²) in [6.07, 6.45) is 6.15. The molecule has 0 bridgehead atoms. The van der Waals surface area contributed by atoms with E-state index in [2.05, 4.69) is 39.9 Å². The van der Waals surface area contributed by atoms with Crippen LogP contribution in [0.2, 0.25) is 0 Å². The molecule has 110 valence electrons. The standard InChI is InChI=1S/C17H31NO/c1-6-13-7-11(2)8-15-14(9-13)12(3)10-17(4,5)16(19)18-15/h11-15H,6-10H2,1-5H3,(H,18,19). The van der Waals surface area contributed by atoms with Crippen LogP contribution in [-0.4, -0.2) is 11.9 Å². The summed E-state index contributed by atoms with van der Waals surface area (Å²) in [4.78, 5) is 12.4. The molecule has 2 fully saturated rings. The van der Waals surface area contributed by atoms with Gasteiger partial charge in [-0.05, 0) is 49.4 Å². The molecule has 2 aliphatic rings. The van der Waals surface area contributed by atoms with Crippen LogP contribution >= 0.6 is 0 Å². The molecule has 0 radical (unpaired) electrons. The Morgan fingerprint density at radius 1 is 1.21 bits per heavy atom. The molecule has 1 aliphatic heterocycles. The summed E-state index contributed by atoms with van der Waals surface area (Å²) in [5.41, 5.74) is -0.198. The second-order valence-corrected chi connectivity index (χ2v) is 7.90. The average Bonchev–Trinajstić information content (AvgIpc) is 2.50. The van der Waals surface area contributed by atoms with Crippen molar-refractivity contribution in [2.45, 2.75) is 72.8 Å². The Hall–Kier alpha value is -0.530. The minimum absolute atomic E-state index is 0.198. The lowest BCUT2D eigenvalue weighted by molar-refractivity contribution is -0.129. The molecule has 2 nitrogen and oxygen atoms in total. The minimum atomic E-state index is -0.198. The van der Waals surface area contributed by atoms with Crippen LogP contribution < -0.4 is 5.32 Å². The number of hydrogen-bond acceptors (Lipinski definition) is 1. The van der Waals surface area contributed by atoms with Crippen molar-refractivity contribution in [2.75, 3.05) is 0 Å². The van der Waals surface area contributed by atoms with Gasteiger partial charge in [0.2, 0.25) is 5.91 Å². The average molecular weight is 265 g/mol. The second-order valence-electron chi connectivity index (χ2n) is 7.90. The van der Waals surface area contributed by atoms with Crippen LogP contribution in [0.15, 0.2) is 0 Å². The van der Waals surface area contributed by atoms with E-state index in [1.54, 1.807) is 0 Å². The lowest BCUT2D eigenvalue weighted by Gasteiger charge is -2.30. The summed E-state index contributed by atoms with van der Waals surface area (Å²) in [5, 5.41) is 3.38. The fourth-order valence-corrected chi connectivity index (χ4v) is 4.46. The third kappa shape index (κ3) is 3.14. The molecule has 0 aromatic carbocycles. The van der Waals surface area contributed by atoms with E-state index in [9.17, 15) is 4.79 Å². The predicted octanol–water partition coefficient (Wildman–Crippen LogP) is 4.00. The first-order valence-corrected chi connectivity index (χ1v) is 8.14. The predicted molar refractivity (Wildman–Crippen MR) is 79.8 cm³/mol. The van der Waals surface area contributed by atoms with Gasteiger partial charge in [-0.15, -0.1) is 0 Å². The van der Waals surface area contributed by atoms with Crippen molar-refractivity contribution in [1.82, 2.24) is 5.32 Å². The lowest BCUT2D eigenvalue weighted by atomic mass is 9.75. The van der Waals surface area contributed by atoms with Crippen molar-refractivity contribution >= 4 is 5.91 Å². The highest BCUT2D eigenvalue weighted by molar-refractivity contribution is 5.82. The van der Waals surface area contributed by atoms with Gasteiger partial charge in [0.1, 0.15) is 0 Å². The number of amides is 1. The van der Waals surface area contributed by atoms with Gasteiger partial charge in [0.05, 0.1) is 0 Å². The Bertz CT molecular complexity index is 336. The van der Waals surface area contributed by atoms with Gasteiger partial charge in [0, 0.05) is 11.5 Å². The number of rotatable bonds is 1. The molecule has 1 saturated heterocycles. The number of hydrogen-bond donors (Lipinski definition) is 1. The number of fused-ring (bicyclic) bond motifs is 1. The molecule has 1 amide bonds. The molecule has 1 aliphatic carbocycles. The van der Waals surface area contributed by atoms with Gasteiger partial charge in [-0.1, -0.05) is 41.0 Å². The first kappa shape index (κ1) is 14.9. The second kappa shape index (κ2) is 5.46. The lowest BCUT2D eigenvalue weighted by Crippen LogP contribution is -2.43. The largest absolute Gasteiger partial charge is 0.353 e. The van der Waals surface area contributed by atoms with Gasteiger partial charge in [0.15, 0.2) is 0 Å². The maximum Gasteiger partial charge on any atom is 0.225 e. The third-order valence-corrected chi connectivity index (χ3v) is 5.59. The highest BCUT2D eigenvalue weighted by Gasteiger charge is 2.42. The summed E-state index contributed by atoms with van der Waals surface area (Å²) in [5.74, 6) is 3.20. The van der Waals surface area contributed by atoms with Crippen molar-refractivity contribution < 1.29 is 4.79 Å². The van der Waals surface area contributed by atoms with E-state index < -0.39 is 0 Å². The van der Waals surface area contributed by atoms with Crippen LogP contribution in [0.1, 0.15) is 66.7 Å². The van der Waals surface area contributed by atoms with E-state index in [0.29, 0.717) is 17.9 Å². The topological polar surface area (TPSA) is 29.1 Å². The summed E-state index contributed by atoms with van der Waals surface area (Å²) in [6.45, 7) is 11.2. The van der Waals surface area contributed by atoms with Crippen molar-refractivity contribution in [3.05, 3.63) is 0 Å². The maximum atomic E-state index is 12.4. The van der Waals surface area contributed by atoms with Gasteiger partial charge < -0.3 is 5.32 Å². The molecule has 5 unspecified atom stereocenters. The van der Waals surface area contributed by atoms with E-state index in [1.807, 2.05) is 0 Å². The van der Waals surface area contributed by atoms with E-state index in [0.717, 1.165) is 18.3 Å². The summed E-state index contributed by atoms with van der Waals surface area (Å²) in [7, 11) is 0. The van der Waals surface area contributed by atoms with Gasteiger partial charge in [-0.3, -0.25) is 4.79 Å². The smallest absolute Gasteiger partial charge is 0.225 e. The quantitative estimate of drug-likeness (QED) is 0.763. The molecule has 0 aromatic heterocycles. The number of carbonyl (C=O) groups is 1. The SMILES string of the molecule is CCC1CC(C)CC2NC(=O)C(C)(C)CC(C)C2C1. The van der Waals surface area contributed by atoms with Crippen LogP contribution in [0.25, 0.3) is 0 Å². The van der Waals surface area contributed by atoms with Crippen LogP contribution in [-0.2, 0) is 4.79 Å². The van der Waals surface area contributed by atoms with Crippen LogP contribution in [0, 0.1) is 29.1 Å². The Morgan fingerprint density at radius 3 is 2.53 bits per heavy atom. The van der Waals surface area contributed by atoms with Crippen molar-refractivity contribution in [2.24, 2.45) is 29.1 Å². The summed E-state index contributed by atoms with van der Waals surface area (Å²) in [6, 6.07) is 0.413. The first-order valence-electron chi connectivity index (χ1n) is 8.14. The van der Waals surface area contributed by atoms with Crippen molar-refractivity contribution in [3.63, 3.8) is 0 Å². The van der Waals surface area contributed by atoms with E-state index in [4.69, 9.17) is 0 Å². The van der Waals surface area contributed by atoms with Crippen molar-refractivity contribution in [3.8, 4) is 0 Å². The molecular formula is C17H31NO. The molecule has 1 heterocycles. The molecule has 2 rings (SSSR count). The third-order valence-electron chi connectivity index (χ3n) is 5.59. The van der Waals surface area contributed by atoms with E-state index in [-0.39, 0.29) is 11.3 Å². The van der Waals surface area contributed by atoms with Crippen molar-refractivity contribution in [1.29, 1.82) is 0 Å². The molecule has 2 heteroatoms. The fraction of sp³-hybridized carbons (Fsp3) is 0.941. The summed E-state index contributed by atoms with van der Waals surface area (Å²) < 4.78 is 0. The molecular weight excluding hydrogens is 234 g/mol.